The highest BCUT2D eigenvalue weighted by Crippen LogP contribution is 2.49. The summed E-state index contributed by atoms with van der Waals surface area (Å²) in [6, 6.07) is 6.72. The lowest BCUT2D eigenvalue weighted by atomic mass is 9.95. The zero-order valence-corrected chi connectivity index (χ0v) is 12.8. The SMILES string of the molecule is CCC(=O)N(C)C1CC1c1cccc2c1CC(C)(C)O2. The minimum Gasteiger partial charge on any atom is -0.487 e. The van der Waals surface area contributed by atoms with Crippen LogP contribution in [-0.2, 0) is 11.2 Å². The van der Waals surface area contributed by atoms with Gasteiger partial charge in [-0.2, -0.15) is 0 Å². The predicted octanol–water partition coefficient (Wildman–Crippen LogP) is 3.12. The lowest BCUT2D eigenvalue weighted by Gasteiger charge is -2.17. The third kappa shape index (κ3) is 2.19. The molecule has 1 amide bonds. The fraction of sp³-hybridized carbons (Fsp3) is 0.588. The van der Waals surface area contributed by atoms with E-state index in [1.54, 1.807) is 0 Å². The second-order valence-corrected chi connectivity index (χ2v) is 6.63. The van der Waals surface area contributed by atoms with Gasteiger partial charge in [-0.3, -0.25) is 4.79 Å². The zero-order chi connectivity index (χ0) is 14.5. The summed E-state index contributed by atoms with van der Waals surface area (Å²) in [5.74, 6) is 1.76. The maximum atomic E-state index is 11.8. The smallest absolute Gasteiger partial charge is 0.222 e. The fourth-order valence-electron chi connectivity index (χ4n) is 3.35. The van der Waals surface area contributed by atoms with Crippen LogP contribution in [0.4, 0.5) is 0 Å². The summed E-state index contributed by atoms with van der Waals surface area (Å²) < 4.78 is 6.00. The zero-order valence-electron chi connectivity index (χ0n) is 12.8. The highest BCUT2D eigenvalue weighted by atomic mass is 16.5. The first kappa shape index (κ1) is 13.5. The van der Waals surface area contributed by atoms with Gasteiger partial charge in [0.25, 0.3) is 0 Å². The molecule has 2 aliphatic rings. The number of rotatable bonds is 3. The van der Waals surface area contributed by atoms with Crippen LogP contribution in [-0.4, -0.2) is 29.5 Å². The molecule has 2 unspecified atom stereocenters. The van der Waals surface area contributed by atoms with Crippen LogP contribution in [0.5, 0.6) is 5.75 Å². The highest BCUT2D eigenvalue weighted by Gasteiger charge is 2.45. The first-order chi connectivity index (χ1) is 9.43. The number of fused-ring (bicyclic) bond motifs is 1. The molecular weight excluding hydrogens is 250 g/mol. The van der Waals surface area contributed by atoms with Gasteiger partial charge in [0.2, 0.25) is 5.91 Å². The maximum Gasteiger partial charge on any atom is 0.222 e. The molecule has 1 aromatic rings. The summed E-state index contributed by atoms with van der Waals surface area (Å²) in [7, 11) is 1.93. The Balaban J connectivity index is 1.82. The molecule has 1 aromatic carbocycles. The quantitative estimate of drug-likeness (QED) is 0.847. The van der Waals surface area contributed by atoms with Crippen LogP contribution in [0.25, 0.3) is 0 Å². The topological polar surface area (TPSA) is 29.5 Å². The Labute approximate surface area is 120 Å². The van der Waals surface area contributed by atoms with Crippen LogP contribution < -0.4 is 4.74 Å². The van der Waals surface area contributed by atoms with Crippen LogP contribution >= 0.6 is 0 Å². The van der Waals surface area contributed by atoms with Crippen molar-refractivity contribution in [2.75, 3.05) is 7.05 Å². The van der Waals surface area contributed by atoms with Crippen molar-refractivity contribution < 1.29 is 9.53 Å². The Morgan fingerprint density at radius 2 is 2.20 bits per heavy atom. The molecule has 1 aliphatic heterocycles. The number of likely N-dealkylation sites (N-methyl/N-ethyl adjacent to an activating group) is 1. The lowest BCUT2D eigenvalue weighted by Crippen LogP contribution is -2.29. The Morgan fingerprint density at radius 1 is 1.45 bits per heavy atom. The Hall–Kier alpha value is -1.51. The molecule has 0 radical (unpaired) electrons. The normalized spacial score (nSPS) is 25.8. The molecule has 0 spiro atoms. The van der Waals surface area contributed by atoms with Gasteiger partial charge in [0.05, 0.1) is 0 Å². The highest BCUT2D eigenvalue weighted by molar-refractivity contribution is 5.76. The summed E-state index contributed by atoms with van der Waals surface area (Å²) in [6.45, 7) is 6.19. The first-order valence-corrected chi connectivity index (χ1v) is 7.49. The van der Waals surface area contributed by atoms with Gasteiger partial charge in [0.15, 0.2) is 0 Å². The molecule has 1 saturated carbocycles. The van der Waals surface area contributed by atoms with Crippen molar-refractivity contribution in [2.24, 2.45) is 0 Å². The molecular formula is C17H23NO2. The molecule has 1 aliphatic carbocycles. The number of hydrogen-bond donors (Lipinski definition) is 0. The molecule has 3 nitrogen and oxygen atoms in total. The van der Waals surface area contributed by atoms with Gasteiger partial charge in [0, 0.05) is 37.4 Å². The molecule has 0 N–H and O–H groups in total. The second kappa shape index (κ2) is 4.51. The number of carbonyl (C=O) groups is 1. The summed E-state index contributed by atoms with van der Waals surface area (Å²) in [4.78, 5) is 13.7. The molecule has 108 valence electrons. The van der Waals surface area contributed by atoms with Crippen molar-refractivity contribution in [3.05, 3.63) is 29.3 Å². The number of benzene rings is 1. The van der Waals surface area contributed by atoms with Gasteiger partial charge in [0.1, 0.15) is 11.4 Å². The number of ether oxygens (including phenoxy) is 1. The van der Waals surface area contributed by atoms with E-state index in [2.05, 4.69) is 32.0 Å². The van der Waals surface area contributed by atoms with Gasteiger partial charge in [-0.25, -0.2) is 0 Å². The largest absolute Gasteiger partial charge is 0.487 e. The monoisotopic (exact) mass is 273 g/mol. The number of carbonyl (C=O) groups excluding carboxylic acids is 1. The van der Waals surface area contributed by atoms with Crippen molar-refractivity contribution >= 4 is 5.91 Å². The first-order valence-electron chi connectivity index (χ1n) is 7.49. The number of amides is 1. The minimum absolute atomic E-state index is 0.103. The van der Waals surface area contributed by atoms with Crippen molar-refractivity contribution in [2.45, 2.75) is 57.6 Å². The molecule has 1 heterocycles. The van der Waals surface area contributed by atoms with Gasteiger partial charge >= 0.3 is 0 Å². The molecule has 3 heteroatoms. The van der Waals surface area contributed by atoms with E-state index in [4.69, 9.17) is 4.74 Å². The van der Waals surface area contributed by atoms with Crippen molar-refractivity contribution in [3.8, 4) is 5.75 Å². The van der Waals surface area contributed by atoms with Crippen LogP contribution in [0.3, 0.4) is 0 Å². The Morgan fingerprint density at radius 3 is 2.90 bits per heavy atom. The fourth-order valence-corrected chi connectivity index (χ4v) is 3.35. The molecule has 0 aromatic heterocycles. The summed E-state index contributed by atoms with van der Waals surface area (Å²) in [5, 5.41) is 0. The Kier molecular flexibility index (Phi) is 3.03. The minimum atomic E-state index is -0.103. The van der Waals surface area contributed by atoms with Gasteiger partial charge in [-0.15, -0.1) is 0 Å². The second-order valence-electron chi connectivity index (χ2n) is 6.63. The van der Waals surface area contributed by atoms with Crippen LogP contribution in [0.15, 0.2) is 18.2 Å². The van der Waals surface area contributed by atoms with Crippen LogP contribution in [0.2, 0.25) is 0 Å². The van der Waals surface area contributed by atoms with Crippen molar-refractivity contribution in [1.29, 1.82) is 0 Å². The van der Waals surface area contributed by atoms with Crippen LogP contribution in [0.1, 0.15) is 50.7 Å². The van der Waals surface area contributed by atoms with Crippen molar-refractivity contribution in [3.63, 3.8) is 0 Å². The predicted molar refractivity (Wildman–Crippen MR) is 79.1 cm³/mol. The standard InChI is InChI=1S/C17H23NO2/c1-5-16(19)18(4)14-9-12(14)11-7-6-8-15-13(11)10-17(2,3)20-15/h6-8,12,14H,5,9-10H2,1-4H3. The van der Waals surface area contributed by atoms with Crippen molar-refractivity contribution in [1.82, 2.24) is 4.90 Å². The summed E-state index contributed by atoms with van der Waals surface area (Å²) in [6.07, 6.45) is 2.63. The third-order valence-electron chi connectivity index (χ3n) is 4.51. The van der Waals surface area contributed by atoms with Crippen LogP contribution in [0, 0.1) is 0 Å². The van der Waals surface area contributed by atoms with E-state index < -0.39 is 0 Å². The van der Waals surface area contributed by atoms with E-state index in [0.29, 0.717) is 18.4 Å². The summed E-state index contributed by atoms with van der Waals surface area (Å²) in [5.41, 5.74) is 2.63. The average molecular weight is 273 g/mol. The molecule has 0 bridgehead atoms. The maximum absolute atomic E-state index is 11.8. The summed E-state index contributed by atoms with van der Waals surface area (Å²) >= 11 is 0. The average Bonchev–Trinajstić information content (AvgIpc) is 3.12. The van der Waals surface area contributed by atoms with E-state index in [9.17, 15) is 4.79 Å². The van der Waals surface area contributed by atoms with E-state index in [-0.39, 0.29) is 11.5 Å². The van der Waals surface area contributed by atoms with Gasteiger partial charge < -0.3 is 9.64 Å². The molecule has 0 saturated heterocycles. The third-order valence-corrected chi connectivity index (χ3v) is 4.51. The lowest BCUT2D eigenvalue weighted by molar-refractivity contribution is -0.130. The molecule has 20 heavy (non-hydrogen) atoms. The van der Waals surface area contributed by atoms with Gasteiger partial charge in [-0.1, -0.05) is 19.1 Å². The van der Waals surface area contributed by atoms with E-state index in [0.717, 1.165) is 18.6 Å². The van der Waals surface area contributed by atoms with Gasteiger partial charge in [-0.05, 0) is 31.9 Å². The number of hydrogen-bond acceptors (Lipinski definition) is 2. The Bertz CT molecular complexity index is 550. The van der Waals surface area contributed by atoms with E-state index >= 15 is 0 Å². The van der Waals surface area contributed by atoms with E-state index in [1.165, 1.54) is 11.1 Å². The molecule has 3 rings (SSSR count). The number of nitrogens with zero attached hydrogens (tertiary/aromatic N) is 1. The van der Waals surface area contributed by atoms with E-state index in [1.807, 2.05) is 18.9 Å². The molecule has 1 fully saturated rings. The molecule has 2 atom stereocenters.